The topological polar surface area (TPSA) is 45.5 Å². The smallest absolute Gasteiger partial charge is 0.289 e. The van der Waals surface area contributed by atoms with E-state index in [0.29, 0.717) is 17.6 Å². The molecule has 110 valence electrons. The molecule has 0 radical (unpaired) electrons. The fraction of sp³-hybridized carbons (Fsp3) is 0.471. The van der Waals surface area contributed by atoms with Crippen LogP contribution in [0.5, 0.6) is 0 Å². The molecular weight excluding hydrogens is 264 g/mol. The maximum atomic E-state index is 12.8. The predicted molar refractivity (Wildman–Crippen MR) is 81.3 cm³/mol. The molecule has 21 heavy (non-hydrogen) atoms. The number of carbonyl (C=O) groups excluding carboxylic acids is 1. The van der Waals surface area contributed by atoms with E-state index in [2.05, 4.69) is 18.3 Å². The van der Waals surface area contributed by atoms with Crippen molar-refractivity contribution in [1.82, 2.24) is 10.2 Å². The summed E-state index contributed by atoms with van der Waals surface area (Å²) >= 11 is 0. The maximum Gasteiger partial charge on any atom is 0.289 e. The van der Waals surface area contributed by atoms with Gasteiger partial charge in [0, 0.05) is 31.1 Å². The van der Waals surface area contributed by atoms with Crippen LogP contribution in [0.2, 0.25) is 0 Å². The average molecular weight is 284 g/mol. The zero-order valence-corrected chi connectivity index (χ0v) is 12.4. The number of amides is 1. The molecule has 0 saturated carbocycles. The Balaban J connectivity index is 1.64. The molecule has 2 fully saturated rings. The molecule has 3 atom stereocenters. The van der Waals surface area contributed by atoms with E-state index in [0.717, 1.165) is 30.6 Å². The van der Waals surface area contributed by atoms with Crippen molar-refractivity contribution in [2.24, 2.45) is 11.8 Å². The molecule has 1 amide bonds. The average Bonchev–Trinajstić information content (AvgIpc) is 3.14. The largest absolute Gasteiger partial charge is 0.451 e. The monoisotopic (exact) mass is 284 g/mol. The Morgan fingerprint density at radius 1 is 1.33 bits per heavy atom. The number of nitrogens with zero attached hydrogens (tertiary/aromatic N) is 1. The van der Waals surface area contributed by atoms with Crippen molar-refractivity contribution in [3.63, 3.8) is 0 Å². The third-order valence-corrected chi connectivity index (χ3v) is 5.08. The minimum atomic E-state index is 0.0331. The molecule has 0 aliphatic carbocycles. The first kappa shape index (κ1) is 12.9. The number of likely N-dealkylation sites (tertiary alicyclic amines) is 1. The number of carbonyl (C=O) groups is 1. The molecule has 2 aliphatic rings. The summed E-state index contributed by atoms with van der Waals surface area (Å²) in [6.45, 7) is 7.09. The Hall–Kier alpha value is -1.81. The van der Waals surface area contributed by atoms with Crippen LogP contribution in [0.15, 0.2) is 28.7 Å². The number of hydrogen-bond donors (Lipinski definition) is 1. The van der Waals surface area contributed by atoms with Gasteiger partial charge in [0.05, 0.1) is 0 Å². The molecule has 2 aliphatic heterocycles. The number of rotatable bonds is 1. The lowest BCUT2D eigenvalue weighted by molar-refractivity contribution is 0.0698. The van der Waals surface area contributed by atoms with Gasteiger partial charge in [0.15, 0.2) is 5.76 Å². The number of furan rings is 1. The van der Waals surface area contributed by atoms with Crippen LogP contribution in [0.3, 0.4) is 0 Å². The van der Waals surface area contributed by atoms with Crippen molar-refractivity contribution in [1.29, 1.82) is 0 Å². The van der Waals surface area contributed by atoms with Gasteiger partial charge in [-0.1, -0.05) is 11.6 Å². The summed E-state index contributed by atoms with van der Waals surface area (Å²) in [5.41, 5.74) is 1.97. The first-order valence-corrected chi connectivity index (χ1v) is 7.65. The van der Waals surface area contributed by atoms with Gasteiger partial charge in [-0.2, -0.15) is 0 Å². The SMILES string of the molecule is Cc1ccc2oc(C(=O)N3CC4CNCC4C3C)cc2c1. The van der Waals surface area contributed by atoms with Crippen molar-refractivity contribution < 1.29 is 9.21 Å². The van der Waals surface area contributed by atoms with E-state index in [9.17, 15) is 4.79 Å². The highest BCUT2D eigenvalue weighted by Crippen LogP contribution is 2.34. The Kier molecular flexibility index (Phi) is 2.82. The molecular formula is C17H20N2O2. The molecule has 4 rings (SSSR count). The lowest BCUT2D eigenvalue weighted by Gasteiger charge is -2.23. The van der Waals surface area contributed by atoms with E-state index < -0.39 is 0 Å². The zero-order valence-electron chi connectivity index (χ0n) is 12.4. The Bertz CT molecular complexity index is 706. The minimum Gasteiger partial charge on any atom is -0.451 e. The summed E-state index contributed by atoms with van der Waals surface area (Å²) < 4.78 is 5.76. The second kappa shape index (κ2) is 4.60. The molecule has 2 aromatic rings. The zero-order chi connectivity index (χ0) is 14.6. The quantitative estimate of drug-likeness (QED) is 0.874. The molecule has 1 N–H and O–H groups in total. The van der Waals surface area contributed by atoms with Gasteiger partial charge in [-0.05, 0) is 43.9 Å². The van der Waals surface area contributed by atoms with Crippen LogP contribution in [0, 0.1) is 18.8 Å². The minimum absolute atomic E-state index is 0.0331. The van der Waals surface area contributed by atoms with Crippen LogP contribution < -0.4 is 5.32 Å². The third-order valence-electron chi connectivity index (χ3n) is 5.08. The van der Waals surface area contributed by atoms with Gasteiger partial charge in [0.25, 0.3) is 5.91 Å². The molecule has 2 saturated heterocycles. The van der Waals surface area contributed by atoms with Gasteiger partial charge in [-0.25, -0.2) is 0 Å². The Morgan fingerprint density at radius 3 is 3.00 bits per heavy atom. The highest BCUT2D eigenvalue weighted by molar-refractivity contribution is 5.96. The van der Waals surface area contributed by atoms with Crippen LogP contribution >= 0.6 is 0 Å². The number of hydrogen-bond acceptors (Lipinski definition) is 3. The maximum absolute atomic E-state index is 12.8. The number of aryl methyl sites for hydroxylation is 1. The highest BCUT2D eigenvalue weighted by Gasteiger charge is 2.44. The summed E-state index contributed by atoms with van der Waals surface area (Å²) in [5.74, 6) is 1.68. The molecule has 0 spiro atoms. The van der Waals surface area contributed by atoms with Gasteiger partial charge in [0.1, 0.15) is 5.58 Å². The normalized spacial score (nSPS) is 28.3. The molecule has 4 nitrogen and oxygen atoms in total. The summed E-state index contributed by atoms with van der Waals surface area (Å²) in [4.78, 5) is 14.7. The van der Waals surface area contributed by atoms with Crippen LogP contribution in [0.4, 0.5) is 0 Å². The van der Waals surface area contributed by atoms with E-state index >= 15 is 0 Å². The van der Waals surface area contributed by atoms with Gasteiger partial charge >= 0.3 is 0 Å². The lowest BCUT2D eigenvalue weighted by Crippen LogP contribution is -2.37. The van der Waals surface area contributed by atoms with E-state index in [4.69, 9.17) is 4.42 Å². The van der Waals surface area contributed by atoms with Crippen molar-refractivity contribution in [2.45, 2.75) is 19.9 Å². The van der Waals surface area contributed by atoms with E-state index in [1.54, 1.807) is 0 Å². The van der Waals surface area contributed by atoms with Gasteiger partial charge in [-0.15, -0.1) is 0 Å². The van der Waals surface area contributed by atoms with Crippen LogP contribution in [0.25, 0.3) is 11.0 Å². The first-order chi connectivity index (χ1) is 10.1. The van der Waals surface area contributed by atoms with E-state index in [1.165, 1.54) is 5.56 Å². The number of benzene rings is 1. The standard InChI is InChI=1S/C17H20N2O2/c1-10-3-4-15-12(5-10)6-16(21-15)17(20)19-9-13-7-18-8-14(13)11(19)2/h3-6,11,13-14,18H,7-9H2,1-2H3. The number of nitrogens with one attached hydrogen (secondary N) is 1. The van der Waals surface area contributed by atoms with E-state index in [1.807, 2.05) is 30.0 Å². The predicted octanol–water partition coefficient (Wildman–Crippen LogP) is 2.42. The Morgan fingerprint density at radius 2 is 2.19 bits per heavy atom. The van der Waals surface area contributed by atoms with Crippen molar-refractivity contribution >= 4 is 16.9 Å². The third kappa shape index (κ3) is 1.97. The fourth-order valence-corrected chi connectivity index (χ4v) is 3.85. The van der Waals surface area contributed by atoms with Crippen LogP contribution in [-0.4, -0.2) is 36.5 Å². The number of fused-ring (bicyclic) bond motifs is 2. The highest BCUT2D eigenvalue weighted by atomic mass is 16.3. The van der Waals surface area contributed by atoms with E-state index in [-0.39, 0.29) is 11.9 Å². The molecule has 3 heterocycles. The molecule has 3 unspecified atom stereocenters. The lowest BCUT2D eigenvalue weighted by atomic mass is 9.95. The molecule has 0 bridgehead atoms. The van der Waals surface area contributed by atoms with Crippen LogP contribution in [0.1, 0.15) is 23.0 Å². The van der Waals surface area contributed by atoms with Gasteiger partial charge in [0.2, 0.25) is 0 Å². The molecule has 4 heteroatoms. The fourth-order valence-electron chi connectivity index (χ4n) is 3.85. The van der Waals surface area contributed by atoms with Gasteiger partial charge in [-0.3, -0.25) is 4.79 Å². The van der Waals surface area contributed by atoms with Crippen molar-refractivity contribution in [3.05, 3.63) is 35.6 Å². The summed E-state index contributed by atoms with van der Waals surface area (Å²) in [6, 6.07) is 8.17. The summed E-state index contributed by atoms with van der Waals surface area (Å²) in [5, 5.41) is 4.43. The second-order valence-corrected chi connectivity index (χ2v) is 6.43. The second-order valence-electron chi connectivity index (χ2n) is 6.43. The molecule has 1 aromatic carbocycles. The van der Waals surface area contributed by atoms with Gasteiger partial charge < -0.3 is 14.6 Å². The van der Waals surface area contributed by atoms with Crippen molar-refractivity contribution in [2.75, 3.05) is 19.6 Å². The van der Waals surface area contributed by atoms with Crippen molar-refractivity contribution in [3.8, 4) is 0 Å². The first-order valence-electron chi connectivity index (χ1n) is 7.65. The molecule has 1 aromatic heterocycles. The summed E-state index contributed by atoms with van der Waals surface area (Å²) in [6.07, 6.45) is 0. The summed E-state index contributed by atoms with van der Waals surface area (Å²) in [7, 11) is 0. The van der Waals surface area contributed by atoms with Crippen LogP contribution in [-0.2, 0) is 0 Å². The Labute approximate surface area is 124 Å².